The van der Waals surface area contributed by atoms with Crippen LogP contribution < -0.4 is 11.1 Å². The highest BCUT2D eigenvalue weighted by Crippen LogP contribution is 2.14. The van der Waals surface area contributed by atoms with Crippen LogP contribution in [0.4, 0.5) is 5.82 Å². The molecule has 1 aliphatic heterocycles. The second kappa shape index (κ2) is 5.42. The van der Waals surface area contributed by atoms with Gasteiger partial charge in [0.05, 0.1) is 6.10 Å². The van der Waals surface area contributed by atoms with Crippen LogP contribution in [0.25, 0.3) is 0 Å². The molecule has 5 heteroatoms. The normalized spacial score (nSPS) is 19.2. The molecule has 17 heavy (non-hydrogen) atoms. The van der Waals surface area contributed by atoms with Gasteiger partial charge in [-0.05, 0) is 31.9 Å². The van der Waals surface area contributed by atoms with Gasteiger partial charge in [-0.25, -0.2) is 4.98 Å². The molecule has 0 amide bonds. The van der Waals surface area contributed by atoms with Crippen molar-refractivity contribution in [3.8, 4) is 0 Å². The first kappa shape index (κ1) is 12.3. The first-order chi connectivity index (χ1) is 8.15. The highest BCUT2D eigenvalue weighted by molar-refractivity contribution is 7.80. The second-order valence-electron chi connectivity index (χ2n) is 4.26. The van der Waals surface area contributed by atoms with Crippen LogP contribution in [0.2, 0.25) is 0 Å². The maximum atomic E-state index is 5.62. The number of anilines is 1. The van der Waals surface area contributed by atoms with Gasteiger partial charge in [0.15, 0.2) is 0 Å². The third kappa shape index (κ3) is 3.38. The molecule has 0 spiro atoms. The number of aryl methyl sites for hydroxylation is 1. The van der Waals surface area contributed by atoms with Crippen molar-refractivity contribution in [2.45, 2.75) is 25.9 Å². The Labute approximate surface area is 107 Å². The number of rotatable bonds is 4. The van der Waals surface area contributed by atoms with Crippen LogP contribution in [0.5, 0.6) is 0 Å². The van der Waals surface area contributed by atoms with Crippen LogP contribution in [0.3, 0.4) is 0 Å². The summed E-state index contributed by atoms with van der Waals surface area (Å²) >= 11 is 4.97. The largest absolute Gasteiger partial charge is 0.389 e. The molecule has 1 aliphatic rings. The van der Waals surface area contributed by atoms with E-state index in [1.807, 2.05) is 19.1 Å². The van der Waals surface area contributed by atoms with Crippen LogP contribution >= 0.6 is 12.2 Å². The van der Waals surface area contributed by atoms with E-state index in [9.17, 15) is 0 Å². The molecule has 3 N–H and O–H groups in total. The van der Waals surface area contributed by atoms with Crippen molar-refractivity contribution in [2.75, 3.05) is 18.5 Å². The topological polar surface area (TPSA) is 60.2 Å². The average molecular weight is 251 g/mol. The van der Waals surface area contributed by atoms with Gasteiger partial charge >= 0.3 is 0 Å². The Kier molecular flexibility index (Phi) is 3.91. The second-order valence-corrected chi connectivity index (χ2v) is 4.70. The molecule has 1 saturated heterocycles. The number of nitrogens with one attached hydrogen (secondary N) is 1. The summed E-state index contributed by atoms with van der Waals surface area (Å²) in [6.45, 7) is 3.58. The number of pyridine rings is 1. The van der Waals surface area contributed by atoms with Crippen molar-refractivity contribution < 1.29 is 4.74 Å². The Morgan fingerprint density at radius 3 is 3.12 bits per heavy atom. The molecular formula is C12H17N3OS. The molecule has 92 valence electrons. The van der Waals surface area contributed by atoms with Gasteiger partial charge in [0.1, 0.15) is 10.8 Å². The van der Waals surface area contributed by atoms with Gasteiger partial charge in [-0.1, -0.05) is 12.2 Å². The molecule has 0 aromatic carbocycles. The predicted molar refractivity (Wildman–Crippen MR) is 72.3 cm³/mol. The highest BCUT2D eigenvalue weighted by atomic mass is 32.1. The molecule has 2 rings (SSSR count). The minimum atomic E-state index is 0.297. The maximum absolute atomic E-state index is 5.62. The van der Waals surface area contributed by atoms with Crippen molar-refractivity contribution in [2.24, 2.45) is 5.73 Å². The summed E-state index contributed by atoms with van der Waals surface area (Å²) < 4.78 is 5.54. The highest BCUT2D eigenvalue weighted by Gasteiger charge is 2.15. The molecule has 1 fully saturated rings. The lowest BCUT2D eigenvalue weighted by molar-refractivity contribution is 0.120. The fourth-order valence-electron chi connectivity index (χ4n) is 1.93. The van der Waals surface area contributed by atoms with Gasteiger partial charge in [0, 0.05) is 24.4 Å². The Balaban J connectivity index is 2.01. The van der Waals surface area contributed by atoms with E-state index in [2.05, 4.69) is 10.3 Å². The molecule has 4 nitrogen and oxygen atoms in total. The number of nitrogens with zero attached hydrogens (tertiary/aromatic N) is 1. The minimum Gasteiger partial charge on any atom is -0.389 e. The van der Waals surface area contributed by atoms with Crippen LogP contribution in [0.15, 0.2) is 12.1 Å². The van der Waals surface area contributed by atoms with Crippen LogP contribution in [0, 0.1) is 6.92 Å². The van der Waals surface area contributed by atoms with E-state index in [-0.39, 0.29) is 0 Å². The van der Waals surface area contributed by atoms with Crippen LogP contribution in [-0.4, -0.2) is 29.2 Å². The summed E-state index contributed by atoms with van der Waals surface area (Å²) in [5.41, 5.74) is 7.38. The van der Waals surface area contributed by atoms with Gasteiger partial charge in [-0.2, -0.15) is 0 Å². The summed E-state index contributed by atoms with van der Waals surface area (Å²) in [6, 6.07) is 3.77. The minimum absolute atomic E-state index is 0.297. The van der Waals surface area contributed by atoms with Crippen molar-refractivity contribution in [1.82, 2.24) is 4.98 Å². The third-order valence-corrected chi connectivity index (χ3v) is 3.01. The fraction of sp³-hybridized carbons (Fsp3) is 0.500. The van der Waals surface area contributed by atoms with Gasteiger partial charge in [-0.15, -0.1) is 0 Å². The molecule has 0 bridgehead atoms. The quantitative estimate of drug-likeness (QED) is 0.796. The summed E-state index contributed by atoms with van der Waals surface area (Å²) in [4.78, 5) is 4.79. The van der Waals surface area contributed by atoms with E-state index < -0.39 is 0 Å². The maximum Gasteiger partial charge on any atom is 0.126 e. The molecule has 0 saturated carbocycles. The van der Waals surface area contributed by atoms with Gasteiger partial charge in [-0.3, -0.25) is 0 Å². The summed E-state index contributed by atoms with van der Waals surface area (Å²) in [6.07, 6.45) is 2.55. The summed E-state index contributed by atoms with van der Waals surface area (Å²) in [7, 11) is 0. The van der Waals surface area contributed by atoms with E-state index in [4.69, 9.17) is 22.7 Å². The average Bonchev–Trinajstić information content (AvgIpc) is 2.78. The SMILES string of the molecule is Cc1cc(C(N)=S)cc(NCC2CCCO2)n1. The first-order valence-electron chi connectivity index (χ1n) is 5.79. The Hall–Kier alpha value is -1.20. The molecule has 1 aromatic heterocycles. The van der Waals surface area contributed by atoms with Gasteiger partial charge < -0.3 is 15.8 Å². The smallest absolute Gasteiger partial charge is 0.126 e. The zero-order chi connectivity index (χ0) is 12.3. The van der Waals surface area contributed by atoms with Crippen molar-refractivity contribution >= 4 is 23.0 Å². The van der Waals surface area contributed by atoms with E-state index >= 15 is 0 Å². The van der Waals surface area contributed by atoms with E-state index in [0.29, 0.717) is 11.1 Å². The van der Waals surface area contributed by atoms with Crippen molar-refractivity contribution in [3.63, 3.8) is 0 Å². The summed E-state index contributed by atoms with van der Waals surface area (Å²) in [5, 5.41) is 3.27. The van der Waals surface area contributed by atoms with Gasteiger partial charge in [0.25, 0.3) is 0 Å². The zero-order valence-corrected chi connectivity index (χ0v) is 10.7. The Morgan fingerprint density at radius 2 is 2.47 bits per heavy atom. The lowest BCUT2D eigenvalue weighted by Gasteiger charge is -2.12. The third-order valence-electron chi connectivity index (χ3n) is 2.77. The monoisotopic (exact) mass is 251 g/mol. The molecule has 2 heterocycles. The zero-order valence-electron chi connectivity index (χ0n) is 9.90. The molecule has 1 aromatic rings. The van der Waals surface area contributed by atoms with Crippen molar-refractivity contribution in [1.29, 1.82) is 0 Å². The number of ether oxygens (including phenoxy) is 1. The summed E-state index contributed by atoms with van der Waals surface area (Å²) in [5.74, 6) is 0.809. The lowest BCUT2D eigenvalue weighted by Crippen LogP contribution is -2.19. The van der Waals surface area contributed by atoms with Gasteiger partial charge in [0.2, 0.25) is 0 Å². The fourth-order valence-corrected chi connectivity index (χ4v) is 2.04. The molecule has 0 aliphatic carbocycles. The lowest BCUT2D eigenvalue weighted by atomic mass is 10.2. The number of thiocarbonyl (C=S) groups is 1. The standard InChI is InChI=1S/C12H17N3OS/c1-8-5-9(12(13)17)6-11(15-8)14-7-10-3-2-4-16-10/h5-6,10H,2-4,7H2,1H3,(H2,13,17)(H,14,15). The molecule has 1 unspecified atom stereocenters. The van der Waals surface area contributed by atoms with E-state index in [0.717, 1.165) is 43.1 Å². The Bertz CT molecular complexity index is 416. The number of hydrogen-bond acceptors (Lipinski definition) is 4. The van der Waals surface area contributed by atoms with E-state index in [1.165, 1.54) is 0 Å². The number of aromatic nitrogens is 1. The molecule has 0 radical (unpaired) electrons. The van der Waals surface area contributed by atoms with Crippen LogP contribution in [0.1, 0.15) is 24.1 Å². The molecule has 1 atom stereocenters. The number of hydrogen-bond donors (Lipinski definition) is 2. The van der Waals surface area contributed by atoms with E-state index in [1.54, 1.807) is 0 Å². The molecular weight excluding hydrogens is 234 g/mol. The number of nitrogens with two attached hydrogens (primary N) is 1. The van der Waals surface area contributed by atoms with Crippen molar-refractivity contribution in [3.05, 3.63) is 23.4 Å². The predicted octanol–water partition coefficient (Wildman–Crippen LogP) is 1.62. The Morgan fingerprint density at radius 1 is 1.65 bits per heavy atom. The first-order valence-corrected chi connectivity index (χ1v) is 6.20. The van der Waals surface area contributed by atoms with Crippen LogP contribution in [-0.2, 0) is 4.74 Å².